The molecule has 0 saturated carbocycles. The highest BCUT2D eigenvalue weighted by molar-refractivity contribution is 7.14. The SMILES string of the molecule is O=C(Nc1nc(-c2ccc(Cl)cc2Cl)cs1)c1cccc(F)c1. The topological polar surface area (TPSA) is 42.0 Å². The number of hydrogen-bond acceptors (Lipinski definition) is 3. The van der Waals surface area contributed by atoms with Gasteiger partial charge in [-0.25, -0.2) is 9.37 Å². The third-order valence-electron chi connectivity index (χ3n) is 3.02. The number of amides is 1. The summed E-state index contributed by atoms with van der Waals surface area (Å²) in [5.41, 5.74) is 1.58. The molecule has 3 aromatic rings. The van der Waals surface area contributed by atoms with Gasteiger partial charge in [0.2, 0.25) is 0 Å². The van der Waals surface area contributed by atoms with Crippen LogP contribution < -0.4 is 5.32 Å². The maximum atomic E-state index is 13.2. The van der Waals surface area contributed by atoms with Crippen LogP contribution in [0.5, 0.6) is 0 Å². The lowest BCUT2D eigenvalue weighted by Gasteiger charge is -2.02. The number of thiazole rings is 1. The fourth-order valence-corrected chi connectivity index (χ4v) is 3.16. The van der Waals surface area contributed by atoms with E-state index in [9.17, 15) is 9.18 Å². The molecule has 0 unspecified atom stereocenters. The third-order valence-corrected chi connectivity index (χ3v) is 4.32. The summed E-state index contributed by atoms with van der Waals surface area (Å²) in [6.07, 6.45) is 0. The Labute approximate surface area is 145 Å². The van der Waals surface area contributed by atoms with Crippen LogP contribution >= 0.6 is 34.5 Å². The van der Waals surface area contributed by atoms with E-state index in [1.165, 1.54) is 35.6 Å². The largest absolute Gasteiger partial charge is 0.298 e. The lowest BCUT2D eigenvalue weighted by Crippen LogP contribution is -2.11. The van der Waals surface area contributed by atoms with Gasteiger partial charge in [-0.05, 0) is 36.4 Å². The monoisotopic (exact) mass is 366 g/mol. The molecule has 0 aliphatic heterocycles. The molecule has 0 radical (unpaired) electrons. The van der Waals surface area contributed by atoms with Gasteiger partial charge < -0.3 is 0 Å². The van der Waals surface area contributed by atoms with Gasteiger partial charge in [0.1, 0.15) is 5.82 Å². The molecule has 0 bridgehead atoms. The molecule has 1 amide bonds. The second-order valence-electron chi connectivity index (χ2n) is 4.63. The van der Waals surface area contributed by atoms with Crippen LogP contribution in [0, 0.1) is 5.82 Å². The number of halogens is 3. The van der Waals surface area contributed by atoms with Crippen molar-refractivity contribution < 1.29 is 9.18 Å². The number of anilines is 1. The van der Waals surface area contributed by atoms with Gasteiger partial charge in [0.25, 0.3) is 5.91 Å². The van der Waals surface area contributed by atoms with Crippen LogP contribution in [0.3, 0.4) is 0 Å². The van der Waals surface area contributed by atoms with Crippen LogP contribution in [0.15, 0.2) is 47.8 Å². The quantitative estimate of drug-likeness (QED) is 0.663. The molecule has 1 heterocycles. The van der Waals surface area contributed by atoms with Gasteiger partial charge in [0, 0.05) is 21.5 Å². The summed E-state index contributed by atoms with van der Waals surface area (Å²) in [4.78, 5) is 16.4. The van der Waals surface area contributed by atoms with Crippen LogP contribution in [0.2, 0.25) is 10.0 Å². The van der Waals surface area contributed by atoms with Crippen molar-refractivity contribution in [1.29, 1.82) is 0 Å². The van der Waals surface area contributed by atoms with Crippen molar-refractivity contribution in [2.24, 2.45) is 0 Å². The molecule has 116 valence electrons. The number of rotatable bonds is 3. The van der Waals surface area contributed by atoms with Gasteiger partial charge >= 0.3 is 0 Å². The predicted octanol–water partition coefficient (Wildman–Crippen LogP) is 5.51. The van der Waals surface area contributed by atoms with Gasteiger partial charge in [0.15, 0.2) is 5.13 Å². The Morgan fingerprint density at radius 1 is 1.17 bits per heavy atom. The summed E-state index contributed by atoms with van der Waals surface area (Å²) in [6, 6.07) is 10.6. The van der Waals surface area contributed by atoms with E-state index in [4.69, 9.17) is 23.2 Å². The summed E-state index contributed by atoms with van der Waals surface area (Å²) in [6.45, 7) is 0. The van der Waals surface area contributed by atoms with Crippen LogP contribution in [-0.4, -0.2) is 10.9 Å². The number of nitrogens with zero attached hydrogens (tertiary/aromatic N) is 1. The second-order valence-corrected chi connectivity index (χ2v) is 6.33. The average molecular weight is 367 g/mol. The van der Waals surface area contributed by atoms with E-state index in [1.54, 1.807) is 23.6 Å². The van der Waals surface area contributed by atoms with Gasteiger partial charge in [-0.3, -0.25) is 10.1 Å². The standard InChI is InChI=1S/C16H9Cl2FN2OS/c17-10-4-5-12(13(18)7-10)14-8-23-16(20-14)21-15(22)9-2-1-3-11(19)6-9/h1-8H,(H,20,21,22). The molecule has 0 aliphatic carbocycles. The molecule has 7 heteroatoms. The maximum absolute atomic E-state index is 13.2. The average Bonchev–Trinajstić information content (AvgIpc) is 2.95. The highest BCUT2D eigenvalue weighted by Crippen LogP contribution is 2.32. The zero-order chi connectivity index (χ0) is 16.4. The van der Waals surface area contributed by atoms with E-state index in [1.807, 2.05) is 0 Å². The lowest BCUT2D eigenvalue weighted by atomic mass is 10.2. The van der Waals surface area contributed by atoms with Gasteiger partial charge in [-0.1, -0.05) is 29.3 Å². The number of carbonyl (C=O) groups is 1. The summed E-state index contributed by atoms with van der Waals surface area (Å²) in [5, 5.41) is 5.83. The fraction of sp³-hybridized carbons (Fsp3) is 0. The van der Waals surface area contributed by atoms with E-state index < -0.39 is 11.7 Å². The van der Waals surface area contributed by atoms with Crippen molar-refractivity contribution in [2.75, 3.05) is 5.32 Å². The molecule has 1 aromatic heterocycles. The van der Waals surface area contributed by atoms with E-state index in [2.05, 4.69) is 10.3 Å². The minimum absolute atomic E-state index is 0.228. The lowest BCUT2D eigenvalue weighted by molar-refractivity contribution is 0.102. The second kappa shape index (κ2) is 6.66. The molecule has 0 aliphatic rings. The zero-order valence-corrected chi connectivity index (χ0v) is 13.8. The number of aromatic nitrogens is 1. The van der Waals surface area contributed by atoms with Crippen molar-refractivity contribution in [3.8, 4) is 11.3 Å². The van der Waals surface area contributed by atoms with E-state index in [0.717, 1.165) is 5.56 Å². The summed E-state index contributed by atoms with van der Waals surface area (Å²) < 4.78 is 13.2. The minimum Gasteiger partial charge on any atom is -0.298 e. The van der Waals surface area contributed by atoms with Crippen LogP contribution in [0.4, 0.5) is 9.52 Å². The Balaban J connectivity index is 1.81. The van der Waals surface area contributed by atoms with Gasteiger partial charge in [0.05, 0.1) is 10.7 Å². The van der Waals surface area contributed by atoms with Crippen LogP contribution in [0.1, 0.15) is 10.4 Å². The first-order chi connectivity index (χ1) is 11.0. The molecule has 3 nitrogen and oxygen atoms in total. The molecular formula is C16H9Cl2FN2OS. The minimum atomic E-state index is -0.467. The molecule has 0 atom stereocenters. The van der Waals surface area contributed by atoms with Gasteiger partial charge in [-0.15, -0.1) is 11.3 Å². The van der Waals surface area contributed by atoms with Crippen molar-refractivity contribution in [1.82, 2.24) is 4.98 Å². The van der Waals surface area contributed by atoms with Crippen LogP contribution in [-0.2, 0) is 0 Å². The molecule has 0 saturated heterocycles. The smallest absolute Gasteiger partial charge is 0.257 e. The van der Waals surface area contributed by atoms with Gasteiger partial charge in [-0.2, -0.15) is 0 Å². The molecular weight excluding hydrogens is 358 g/mol. The van der Waals surface area contributed by atoms with E-state index in [-0.39, 0.29) is 5.56 Å². The maximum Gasteiger partial charge on any atom is 0.257 e. The Morgan fingerprint density at radius 3 is 2.74 bits per heavy atom. The van der Waals surface area contributed by atoms with Crippen molar-refractivity contribution >= 4 is 45.6 Å². The molecule has 3 rings (SSSR count). The molecule has 23 heavy (non-hydrogen) atoms. The highest BCUT2D eigenvalue weighted by Gasteiger charge is 2.12. The summed E-state index contributed by atoms with van der Waals surface area (Å²) in [7, 11) is 0. The van der Waals surface area contributed by atoms with Crippen LogP contribution in [0.25, 0.3) is 11.3 Å². The van der Waals surface area contributed by atoms with E-state index >= 15 is 0 Å². The number of hydrogen-bond donors (Lipinski definition) is 1. The molecule has 1 N–H and O–H groups in total. The number of benzene rings is 2. The Bertz CT molecular complexity index is 882. The van der Waals surface area contributed by atoms with Crippen molar-refractivity contribution in [3.05, 3.63) is 69.3 Å². The molecule has 0 spiro atoms. The normalized spacial score (nSPS) is 10.6. The Kier molecular flexibility index (Phi) is 4.61. The Hall–Kier alpha value is -1.95. The third kappa shape index (κ3) is 3.69. The first-order valence-corrected chi connectivity index (χ1v) is 8.14. The number of nitrogens with one attached hydrogen (secondary N) is 1. The number of carbonyl (C=O) groups excluding carboxylic acids is 1. The molecule has 0 fully saturated rings. The highest BCUT2D eigenvalue weighted by atomic mass is 35.5. The first kappa shape index (κ1) is 15.9. The Morgan fingerprint density at radius 2 is 2.00 bits per heavy atom. The predicted molar refractivity (Wildman–Crippen MR) is 91.9 cm³/mol. The molecule has 2 aromatic carbocycles. The van der Waals surface area contributed by atoms with Crippen molar-refractivity contribution in [3.63, 3.8) is 0 Å². The fourth-order valence-electron chi connectivity index (χ4n) is 1.95. The first-order valence-electron chi connectivity index (χ1n) is 6.51. The summed E-state index contributed by atoms with van der Waals surface area (Å²) in [5.74, 6) is -0.891. The van der Waals surface area contributed by atoms with Crippen molar-refractivity contribution in [2.45, 2.75) is 0 Å². The summed E-state index contributed by atoms with van der Waals surface area (Å²) >= 11 is 13.3. The zero-order valence-electron chi connectivity index (χ0n) is 11.5. The van der Waals surface area contributed by atoms with E-state index in [0.29, 0.717) is 20.9 Å².